The highest BCUT2D eigenvalue weighted by molar-refractivity contribution is 9.10. The maximum Gasteiger partial charge on any atom is 0.338 e. The Kier molecular flexibility index (Phi) is 4.82. The van der Waals surface area contributed by atoms with Gasteiger partial charge in [0, 0.05) is 17.1 Å². The Labute approximate surface area is 121 Å². The van der Waals surface area contributed by atoms with Crippen molar-refractivity contribution >= 4 is 27.6 Å². The van der Waals surface area contributed by atoms with Crippen LogP contribution in [0.1, 0.15) is 30.1 Å². The van der Waals surface area contributed by atoms with Crippen LogP contribution in [-0.4, -0.2) is 41.7 Å². The Bertz CT molecular complexity index is 465. The fraction of sp³-hybridized carbons (Fsp3) is 0.500. The second kappa shape index (κ2) is 6.39. The number of carbonyl (C=O) groups is 1. The molecular weight excluding hydrogens is 308 g/mol. The molecule has 1 unspecified atom stereocenters. The van der Waals surface area contributed by atoms with E-state index in [0.717, 1.165) is 32.5 Å². The van der Waals surface area contributed by atoms with E-state index in [0.29, 0.717) is 21.8 Å². The van der Waals surface area contributed by atoms with Gasteiger partial charge in [-0.3, -0.25) is 0 Å². The number of nitrogens with zero attached hydrogens (tertiary/aromatic N) is 1. The van der Waals surface area contributed by atoms with Gasteiger partial charge in [-0.25, -0.2) is 4.79 Å². The number of likely N-dealkylation sites (N-methyl/N-ethyl adjacent to an activating group) is 1. The minimum Gasteiger partial charge on any atom is -0.478 e. The number of halogens is 1. The van der Waals surface area contributed by atoms with Crippen molar-refractivity contribution in [2.45, 2.75) is 25.8 Å². The van der Waals surface area contributed by atoms with Gasteiger partial charge in [-0.05, 0) is 54.0 Å². The Balaban J connectivity index is 2.14. The summed E-state index contributed by atoms with van der Waals surface area (Å²) in [5, 5.41) is 12.7. The molecule has 0 radical (unpaired) electrons. The number of nitrogens with one attached hydrogen (secondary N) is 1. The normalized spacial score (nSPS) is 20.2. The van der Waals surface area contributed by atoms with Crippen molar-refractivity contribution in [1.82, 2.24) is 4.90 Å². The minimum atomic E-state index is -0.905. The highest BCUT2D eigenvalue weighted by atomic mass is 79.9. The van der Waals surface area contributed by atoms with E-state index in [1.54, 1.807) is 6.07 Å². The van der Waals surface area contributed by atoms with Gasteiger partial charge in [-0.1, -0.05) is 13.0 Å². The molecule has 1 aliphatic heterocycles. The molecule has 104 valence electrons. The Hall–Kier alpha value is -1.07. The average molecular weight is 327 g/mol. The highest BCUT2D eigenvalue weighted by Crippen LogP contribution is 2.26. The van der Waals surface area contributed by atoms with Crippen molar-refractivity contribution in [2.75, 3.05) is 25.0 Å². The zero-order chi connectivity index (χ0) is 13.8. The number of hydrogen-bond donors (Lipinski definition) is 2. The molecule has 1 aromatic rings. The zero-order valence-corrected chi connectivity index (χ0v) is 12.6. The number of rotatable bonds is 4. The third-order valence-electron chi connectivity index (χ3n) is 3.54. The van der Waals surface area contributed by atoms with Crippen molar-refractivity contribution < 1.29 is 9.90 Å². The van der Waals surface area contributed by atoms with Gasteiger partial charge in [0.15, 0.2) is 0 Å². The summed E-state index contributed by atoms with van der Waals surface area (Å²) in [6.07, 6.45) is 2.24. The minimum absolute atomic E-state index is 0.316. The van der Waals surface area contributed by atoms with E-state index in [1.807, 2.05) is 12.1 Å². The van der Waals surface area contributed by atoms with Crippen LogP contribution in [0.3, 0.4) is 0 Å². The average Bonchev–Trinajstić information content (AvgIpc) is 2.38. The molecule has 0 bridgehead atoms. The molecule has 4 nitrogen and oxygen atoms in total. The molecule has 1 saturated heterocycles. The van der Waals surface area contributed by atoms with Crippen molar-refractivity contribution in [3.63, 3.8) is 0 Å². The van der Waals surface area contributed by atoms with E-state index in [9.17, 15) is 9.90 Å². The summed E-state index contributed by atoms with van der Waals surface area (Å²) in [6, 6.07) is 5.77. The monoisotopic (exact) mass is 326 g/mol. The molecule has 1 aliphatic rings. The molecule has 1 atom stereocenters. The van der Waals surface area contributed by atoms with Gasteiger partial charge in [0.1, 0.15) is 0 Å². The maximum atomic E-state index is 11.3. The second-order valence-electron chi connectivity index (χ2n) is 4.84. The molecule has 1 heterocycles. The van der Waals surface area contributed by atoms with Crippen molar-refractivity contribution in [2.24, 2.45) is 0 Å². The summed E-state index contributed by atoms with van der Waals surface area (Å²) in [6.45, 7) is 5.31. The first kappa shape index (κ1) is 14.3. The zero-order valence-electron chi connectivity index (χ0n) is 11.0. The molecule has 0 aliphatic carbocycles. The van der Waals surface area contributed by atoms with Crippen LogP contribution in [0.2, 0.25) is 0 Å². The van der Waals surface area contributed by atoms with Crippen LogP contribution in [-0.2, 0) is 0 Å². The Morgan fingerprint density at radius 3 is 3.05 bits per heavy atom. The van der Waals surface area contributed by atoms with Crippen molar-refractivity contribution in [3.8, 4) is 0 Å². The van der Waals surface area contributed by atoms with Gasteiger partial charge in [-0.15, -0.1) is 0 Å². The maximum absolute atomic E-state index is 11.3. The fourth-order valence-electron chi connectivity index (χ4n) is 2.54. The molecule has 0 saturated carbocycles. The molecule has 2 N–H and O–H groups in total. The van der Waals surface area contributed by atoms with Gasteiger partial charge in [-0.2, -0.15) is 0 Å². The van der Waals surface area contributed by atoms with E-state index in [1.165, 1.54) is 0 Å². The van der Waals surface area contributed by atoms with Gasteiger partial charge in [0.2, 0.25) is 0 Å². The lowest BCUT2D eigenvalue weighted by atomic mass is 10.0. The van der Waals surface area contributed by atoms with Crippen LogP contribution in [0.5, 0.6) is 0 Å². The smallest absolute Gasteiger partial charge is 0.338 e. The van der Waals surface area contributed by atoms with Gasteiger partial charge in [0.25, 0.3) is 0 Å². The lowest BCUT2D eigenvalue weighted by molar-refractivity contribution is 0.0697. The molecule has 2 rings (SSSR count). The first-order chi connectivity index (χ1) is 9.11. The van der Waals surface area contributed by atoms with Crippen molar-refractivity contribution in [3.05, 3.63) is 28.2 Å². The number of hydrogen-bond acceptors (Lipinski definition) is 3. The van der Waals surface area contributed by atoms with Crippen LogP contribution in [0.4, 0.5) is 5.69 Å². The molecule has 0 aromatic heterocycles. The first-order valence-electron chi connectivity index (χ1n) is 6.62. The summed E-state index contributed by atoms with van der Waals surface area (Å²) in [7, 11) is 0. The molecule has 5 heteroatoms. The highest BCUT2D eigenvalue weighted by Gasteiger charge is 2.21. The van der Waals surface area contributed by atoms with E-state index in [4.69, 9.17) is 0 Å². The number of likely N-dealkylation sites (tertiary alicyclic amines) is 1. The van der Waals surface area contributed by atoms with Gasteiger partial charge in [0.05, 0.1) is 11.3 Å². The van der Waals surface area contributed by atoms with Crippen LogP contribution in [0.15, 0.2) is 22.7 Å². The lowest BCUT2D eigenvalue weighted by Crippen LogP contribution is -2.42. The summed E-state index contributed by atoms with van der Waals surface area (Å²) in [5.74, 6) is -0.905. The number of carboxylic acids is 1. The van der Waals surface area contributed by atoms with Crippen LogP contribution < -0.4 is 5.32 Å². The number of aromatic carboxylic acids is 1. The summed E-state index contributed by atoms with van der Waals surface area (Å²) in [5.41, 5.74) is 1.01. The molecule has 1 aromatic carbocycles. The van der Waals surface area contributed by atoms with Crippen LogP contribution in [0.25, 0.3) is 0 Å². The predicted octanol–water partition coefficient (Wildman–Crippen LogP) is 3.04. The van der Waals surface area contributed by atoms with E-state index in [-0.39, 0.29) is 0 Å². The topological polar surface area (TPSA) is 52.6 Å². The second-order valence-corrected chi connectivity index (χ2v) is 5.70. The fourth-order valence-corrected chi connectivity index (χ4v) is 3.08. The third-order valence-corrected chi connectivity index (χ3v) is 4.20. The van der Waals surface area contributed by atoms with E-state index in [2.05, 4.69) is 33.1 Å². The van der Waals surface area contributed by atoms with E-state index < -0.39 is 5.97 Å². The third kappa shape index (κ3) is 3.48. The SMILES string of the molecule is CCN1CCCC(Nc2cccc(Br)c2C(=O)O)C1. The Morgan fingerprint density at radius 2 is 2.37 bits per heavy atom. The summed E-state index contributed by atoms with van der Waals surface area (Å²) >= 11 is 3.31. The number of anilines is 1. The van der Waals surface area contributed by atoms with Crippen LogP contribution >= 0.6 is 15.9 Å². The lowest BCUT2D eigenvalue weighted by Gasteiger charge is -2.33. The Morgan fingerprint density at radius 1 is 1.58 bits per heavy atom. The number of piperidine rings is 1. The molecule has 1 fully saturated rings. The number of carboxylic acid groups (broad SMARTS) is 1. The predicted molar refractivity (Wildman–Crippen MR) is 79.9 cm³/mol. The largest absolute Gasteiger partial charge is 0.478 e. The van der Waals surface area contributed by atoms with Gasteiger partial charge >= 0.3 is 5.97 Å². The molecule has 0 spiro atoms. The first-order valence-corrected chi connectivity index (χ1v) is 7.41. The molecule has 19 heavy (non-hydrogen) atoms. The van der Waals surface area contributed by atoms with Crippen LogP contribution in [0, 0.1) is 0 Å². The van der Waals surface area contributed by atoms with E-state index >= 15 is 0 Å². The quantitative estimate of drug-likeness (QED) is 0.892. The standard InChI is InChI=1S/C14H19BrN2O2/c1-2-17-8-4-5-10(9-17)16-12-7-3-6-11(15)13(12)14(18)19/h3,6-7,10,16H,2,4-5,8-9H2,1H3,(H,18,19). The summed E-state index contributed by atoms with van der Waals surface area (Å²) < 4.78 is 0.619. The van der Waals surface area contributed by atoms with Crippen molar-refractivity contribution in [1.29, 1.82) is 0 Å². The summed E-state index contributed by atoms with van der Waals surface area (Å²) in [4.78, 5) is 13.7. The molecular formula is C14H19BrN2O2. The number of benzene rings is 1. The molecule has 0 amide bonds. The van der Waals surface area contributed by atoms with Gasteiger partial charge < -0.3 is 15.3 Å².